The fourth-order valence-corrected chi connectivity index (χ4v) is 1.91. The van der Waals surface area contributed by atoms with Crippen molar-refractivity contribution < 1.29 is 4.74 Å². The number of allylic oxidation sites excluding steroid dienone is 1. The van der Waals surface area contributed by atoms with Gasteiger partial charge >= 0.3 is 5.69 Å². The van der Waals surface area contributed by atoms with Crippen LogP contribution in [0.2, 0.25) is 0 Å². The highest BCUT2D eigenvalue weighted by Crippen LogP contribution is 2.33. The molecule has 76 valence electrons. The van der Waals surface area contributed by atoms with Crippen LogP contribution in [0.3, 0.4) is 0 Å². The molecule has 0 N–H and O–H groups in total. The summed E-state index contributed by atoms with van der Waals surface area (Å²) >= 11 is 0. The van der Waals surface area contributed by atoms with Crippen LogP contribution in [0.15, 0.2) is 24.8 Å². The summed E-state index contributed by atoms with van der Waals surface area (Å²) in [7, 11) is 0. The molecule has 0 radical (unpaired) electrons. The van der Waals surface area contributed by atoms with Gasteiger partial charge in [-0.3, -0.25) is 0 Å². The molecule has 1 aromatic rings. The summed E-state index contributed by atoms with van der Waals surface area (Å²) in [6, 6.07) is 3.72. The first-order chi connectivity index (χ1) is 7.35. The third kappa shape index (κ3) is 1.84. The minimum absolute atomic E-state index is 0.594. The van der Waals surface area contributed by atoms with Gasteiger partial charge in [-0.1, -0.05) is 6.08 Å². The SMILES string of the molecule is C=CCc1cc([N+]#N)cc2c1OCCC2. The molecule has 0 amide bonds. The van der Waals surface area contributed by atoms with Crippen LogP contribution in [0.1, 0.15) is 17.5 Å². The quantitative estimate of drug-likeness (QED) is 0.544. The molecule has 2 rings (SSSR count). The molecule has 0 saturated carbocycles. The van der Waals surface area contributed by atoms with E-state index in [1.165, 1.54) is 0 Å². The molecule has 0 fully saturated rings. The van der Waals surface area contributed by atoms with Crippen LogP contribution in [0.25, 0.3) is 4.98 Å². The molecule has 0 unspecified atom stereocenters. The fraction of sp³-hybridized carbons (Fsp3) is 0.333. The van der Waals surface area contributed by atoms with E-state index >= 15 is 0 Å². The third-order valence-corrected chi connectivity index (χ3v) is 2.54. The smallest absolute Gasteiger partial charge is 0.385 e. The highest BCUT2D eigenvalue weighted by Gasteiger charge is 2.19. The average molecular weight is 201 g/mol. The minimum atomic E-state index is 0.594. The Hall–Kier alpha value is -1.82. The summed E-state index contributed by atoms with van der Waals surface area (Å²) in [6.45, 7) is 4.48. The number of benzene rings is 1. The standard InChI is InChI=1S/C12H13N2O/c1-2-4-9-7-11(14-13)8-10-5-3-6-15-12(9)10/h2,7-8H,1,3-6H2/q+1. The van der Waals surface area contributed by atoms with E-state index in [2.05, 4.69) is 11.6 Å². The van der Waals surface area contributed by atoms with Crippen molar-refractivity contribution in [2.45, 2.75) is 19.3 Å². The number of fused-ring (bicyclic) bond motifs is 1. The topological polar surface area (TPSA) is 37.4 Å². The van der Waals surface area contributed by atoms with Crippen molar-refractivity contribution in [2.75, 3.05) is 6.61 Å². The molecule has 1 aliphatic heterocycles. The Labute approximate surface area is 89.0 Å². The normalized spacial score (nSPS) is 13.5. The van der Waals surface area contributed by atoms with Gasteiger partial charge in [-0.05, 0) is 19.3 Å². The van der Waals surface area contributed by atoms with E-state index in [0.717, 1.165) is 42.7 Å². The van der Waals surface area contributed by atoms with Gasteiger partial charge in [0.15, 0.2) is 4.98 Å². The number of hydrogen-bond acceptors (Lipinski definition) is 2. The van der Waals surface area contributed by atoms with E-state index in [-0.39, 0.29) is 0 Å². The van der Waals surface area contributed by atoms with Crippen molar-refractivity contribution in [3.63, 3.8) is 0 Å². The summed E-state index contributed by atoms with van der Waals surface area (Å²) in [4.78, 5) is 3.23. The predicted octanol–water partition coefficient (Wildman–Crippen LogP) is 3.22. The molecule has 0 atom stereocenters. The molecule has 3 nitrogen and oxygen atoms in total. The van der Waals surface area contributed by atoms with Crippen LogP contribution in [0.4, 0.5) is 5.69 Å². The van der Waals surface area contributed by atoms with Crippen LogP contribution in [0, 0.1) is 5.39 Å². The van der Waals surface area contributed by atoms with E-state index in [1.807, 2.05) is 18.2 Å². The number of ether oxygens (including phenoxy) is 1. The average Bonchev–Trinajstić information content (AvgIpc) is 2.29. The zero-order valence-electron chi connectivity index (χ0n) is 8.57. The lowest BCUT2D eigenvalue weighted by atomic mass is 9.99. The Bertz CT molecular complexity index is 432. The Balaban J connectivity index is 2.51. The maximum Gasteiger partial charge on any atom is 0.385 e. The summed E-state index contributed by atoms with van der Waals surface area (Å²) in [5.74, 6) is 0.952. The van der Waals surface area contributed by atoms with Gasteiger partial charge < -0.3 is 4.74 Å². The van der Waals surface area contributed by atoms with Crippen molar-refractivity contribution >= 4 is 5.69 Å². The summed E-state index contributed by atoms with van der Waals surface area (Å²) < 4.78 is 5.64. The van der Waals surface area contributed by atoms with Crippen LogP contribution in [-0.4, -0.2) is 6.61 Å². The zero-order chi connectivity index (χ0) is 10.7. The molecule has 0 spiro atoms. The van der Waals surface area contributed by atoms with Gasteiger partial charge in [-0.2, -0.15) is 0 Å². The second-order valence-electron chi connectivity index (χ2n) is 3.64. The molecule has 0 bridgehead atoms. The van der Waals surface area contributed by atoms with Gasteiger partial charge in [0.1, 0.15) is 5.75 Å². The lowest BCUT2D eigenvalue weighted by Gasteiger charge is -2.18. The molecule has 0 aromatic heterocycles. The van der Waals surface area contributed by atoms with Gasteiger partial charge in [-0.25, -0.2) is 0 Å². The Morgan fingerprint density at radius 2 is 2.40 bits per heavy atom. The first kappa shape index (κ1) is 9.72. The van der Waals surface area contributed by atoms with E-state index < -0.39 is 0 Å². The van der Waals surface area contributed by atoms with Gasteiger partial charge in [0.2, 0.25) is 5.39 Å². The maximum atomic E-state index is 8.79. The van der Waals surface area contributed by atoms with Gasteiger partial charge in [0, 0.05) is 23.3 Å². The molecular weight excluding hydrogens is 188 g/mol. The Morgan fingerprint density at radius 3 is 3.13 bits per heavy atom. The fourth-order valence-electron chi connectivity index (χ4n) is 1.91. The third-order valence-electron chi connectivity index (χ3n) is 2.54. The first-order valence-corrected chi connectivity index (χ1v) is 5.09. The van der Waals surface area contributed by atoms with Crippen LogP contribution in [0.5, 0.6) is 5.75 Å². The largest absolute Gasteiger partial charge is 0.493 e. The Kier molecular flexibility index (Phi) is 2.68. The molecule has 15 heavy (non-hydrogen) atoms. The monoisotopic (exact) mass is 201 g/mol. The number of nitrogens with zero attached hydrogens (tertiary/aromatic N) is 2. The Morgan fingerprint density at radius 1 is 1.53 bits per heavy atom. The number of hydrogen-bond donors (Lipinski definition) is 0. The predicted molar refractivity (Wildman–Crippen MR) is 58.9 cm³/mol. The lowest BCUT2D eigenvalue weighted by Crippen LogP contribution is -2.10. The minimum Gasteiger partial charge on any atom is -0.493 e. The maximum absolute atomic E-state index is 8.79. The summed E-state index contributed by atoms with van der Waals surface area (Å²) in [5.41, 5.74) is 2.78. The number of rotatable bonds is 2. The van der Waals surface area contributed by atoms with Crippen molar-refractivity contribution in [1.82, 2.24) is 0 Å². The van der Waals surface area contributed by atoms with Crippen molar-refractivity contribution in [3.05, 3.63) is 40.9 Å². The highest BCUT2D eigenvalue weighted by atomic mass is 16.5. The number of diazo groups is 1. The van der Waals surface area contributed by atoms with Gasteiger partial charge in [0.25, 0.3) is 0 Å². The van der Waals surface area contributed by atoms with Crippen LogP contribution < -0.4 is 4.74 Å². The van der Waals surface area contributed by atoms with Gasteiger partial charge in [-0.15, -0.1) is 6.58 Å². The van der Waals surface area contributed by atoms with Gasteiger partial charge in [0.05, 0.1) is 6.61 Å². The molecule has 0 aliphatic carbocycles. The van der Waals surface area contributed by atoms with E-state index in [0.29, 0.717) is 5.69 Å². The van der Waals surface area contributed by atoms with Crippen LogP contribution in [-0.2, 0) is 12.8 Å². The molecular formula is C12H13N2O+. The van der Waals surface area contributed by atoms with Crippen molar-refractivity contribution in [2.24, 2.45) is 0 Å². The van der Waals surface area contributed by atoms with Crippen molar-refractivity contribution in [3.8, 4) is 5.75 Å². The molecule has 0 saturated heterocycles. The van der Waals surface area contributed by atoms with E-state index in [9.17, 15) is 0 Å². The highest BCUT2D eigenvalue weighted by molar-refractivity contribution is 5.57. The molecule has 1 aromatic carbocycles. The van der Waals surface area contributed by atoms with Crippen LogP contribution >= 0.6 is 0 Å². The zero-order valence-corrected chi connectivity index (χ0v) is 8.57. The second-order valence-corrected chi connectivity index (χ2v) is 3.64. The molecule has 3 heteroatoms. The van der Waals surface area contributed by atoms with Crippen molar-refractivity contribution in [1.29, 1.82) is 5.39 Å². The second kappa shape index (κ2) is 4.14. The summed E-state index contributed by atoms with van der Waals surface area (Å²) in [5, 5.41) is 8.79. The molecule has 1 aliphatic rings. The first-order valence-electron chi connectivity index (χ1n) is 5.09. The summed E-state index contributed by atoms with van der Waals surface area (Å²) in [6.07, 6.45) is 4.58. The molecule has 1 heterocycles. The van der Waals surface area contributed by atoms with E-state index in [1.54, 1.807) is 0 Å². The van der Waals surface area contributed by atoms with E-state index in [4.69, 9.17) is 10.1 Å². The number of aryl methyl sites for hydroxylation is 1. The lowest BCUT2D eigenvalue weighted by molar-refractivity contribution is 0.286.